The Hall–Kier alpha value is -2.41. The SMILES string of the molecule is Cc1cc(NC(=O)CN2CCCCC(O)C2=O)cn2ccnc12. The first-order valence-electron chi connectivity index (χ1n) is 7.74. The molecule has 1 fully saturated rings. The molecule has 23 heavy (non-hydrogen) atoms. The van der Waals surface area contributed by atoms with Crippen molar-refractivity contribution in [3.05, 3.63) is 30.2 Å². The van der Waals surface area contributed by atoms with E-state index >= 15 is 0 Å². The van der Waals surface area contributed by atoms with Crippen LogP contribution in [0.2, 0.25) is 0 Å². The molecule has 0 aromatic carbocycles. The second kappa shape index (κ2) is 6.37. The van der Waals surface area contributed by atoms with Crippen LogP contribution in [0.5, 0.6) is 0 Å². The largest absolute Gasteiger partial charge is 0.383 e. The number of aromatic nitrogens is 2. The van der Waals surface area contributed by atoms with Crippen LogP contribution in [-0.4, -0.2) is 50.4 Å². The number of aliphatic hydroxyl groups is 1. The zero-order valence-corrected chi connectivity index (χ0v) is 13.0. The van der Waals surface area contributed by atoms with Gasteiger partial charge in [-0.1, -0.05) is 0 Å². The predicted molar refractivity (Wildman–Crippen MR) is 85.0 cm³/mol. The summed E-state index contributed by atoms with van der Waals surface area (Å²) in [7, 11) is 0. The fraction of sp³-hybridized carbons (Fsp3) is 0.438. The third kappa shape index (κ3) is 3.34. The van der Waals surface area contributed by atoms with E-state index in [9.17, 15) is 14.7 Å². The average molecular weight is 316 g/mol. The molecule has 0 bridgehead atoms. The topological polar surface area (TPSA) is 86.9 Å². The highest BCUT2D eigenvalue weighted by Gasteiger charge is 2.26. The minimum Gasteiger partial charge on any atom is -0.383 e. The van der Waals surface area contributed by atoms with Gasteiger partial charge in [0.2, 0.25) is 5.91 Å². The number of pyridine rings is 1. The maximum Gasteiger partial charge on any atom is 0.251 e. The summed E-state index contributed by atoms with van der Waals surface area (Å²) in [5, 5.41) is 12.5. The summed E-state index contributed by atoms with van der Waals surface area (Å²) >= 11 is 0. The van der Waals surface area contributed by atoms with Crippen LogP contribution < -0.4 is 5.32 Å². The van der Waals surface area contributed by atoms with Gasteiger partial charge in [-0.3, -0.25) is 9.59 Å². The smallest absolute Gasteiger partial charge is 0.251 e. The van der Waals surface area contributed by atoms with Gasteiger partial charge < -0.3 is 19.7 Å². The molecule has 0 radical (unpaired) electrons. The number of imidazole rings is 1. The monoisotopic (exact) mass is 316 g/mol. The van der Waals surface area contributed by atoms with Crippen molar-refractivity contribution in [2.24, 2.45) is 0 Å². The number of nitrogens with one attached hydrogen (secondary N) is 1. The Balaban J connectivity index is 1.69. The standard InChI is InChI=1S/C16H20N4O3/c1-11-8-12(9-19-7-5-17-15(11)19)18-14(22)10-20-6-3-2-4-13(21)16(20)23/h5,7-9,13,21H,2-4,6,10H2,1H3,(H,18,22). The molecule has 2 amide bonds. The van der Waals surface area contributed by atoms with Crippen molar-refractivity contribution in [3.8, 4) is 0 Å². The third-order valence-electron chi connectivity index (χ3n) is 4.04. The quantitative estimate of drug-likeness (QED) is 0.883. The number of likely N-dealkylation sites (tertiary alicyclic amines) is 1. The van der Waals surface area contributed by atoms with Crippen molar-refractivity contribution < 1.29 is 14.7 Å². The Bertz CT molecular complexity index is 740. The molecule has 2 N–H and O–H groups in total. The van der Waals surface area contributed by atoms with Gasteiger partial charge >= 0.3 is 0 Å². The molecule has 122 valence electrons. The van der Waals surface area contributed by atoms with Crippen molar-refractivity contribution in [1.82, 2.24) is 14.3 Å². The summed E-state index contributed by atoms with van der Waals surface area (Å²) in [6.45, 7) is 2.38. The molecule has 3 heterocycles. The van der Waals surface area contributed by atoms with Crippen LogP contribution in [0, 0.1) is 6.92 Å². The molecule has 7 heteroatoms. The molecule has 1 aliphatic heterocycles. The Morgan fingerprint density at radius 1 is 1.48 bits per heavy atom. The Morgan fingerprint density at radius 2 is 2.30 bits per heavy atom. The molecule has 0 aliphatic carbocycles. The highest BCUT2D eigenvalue weighted by atomic mass is 16.3. The van der Waals surface area contributed by atoms with Gasteiger partial charge in [-0.15, -0.1) is 0 Å². The molecule has 1 aliphatic rings. The number of rotatable bonds is 3. The molecular formula is C16H20N4O3. The van der Waals surface area contributed by atoms with Crippen LogP contribution in [0.3, 0.4) is 0 Å². The van der Waals surface area contributed by atoms with E-state index in [0.29, 0.717) is 18.7 Å². The number of nitrogens with zero attached hydrogens (tertiary/aromatic N) is 3. The maximum atomic E-state index is 12.2. The number of hydrogen-bond acceptors (Lipinski definition) is 4. The fourth-order valence-corrected chi connectivity index (χ4v) is 2.89. The summed E-state index contributed by atoms with van der Waals surface area (Å²) in [6, 6.07) is 1.85. The summed E-state index contributed by atoms with van der Waals surface area (Å²) < 4.78 is 1.84. The first-order valence-corrected chi connectivity index (χ1v) is 7.74. The van der Waals surface area contributed by atoms with E-state index in [0.717, 1.165) is 24.1 Å². The number of amides is 2. The van der Waals surface area contributed by atoms with E-state index in [1.54, 1.807) is 12.4 Å². The van der Waals surface area contributed by atoms with Crippen LogP contribution in [0.1, 0.15) is 24.8 Å². The van der Waals surface area contributed by atoms with E-state index in [1.807, 2.05) is 23.6 Å². The fourth-order valence-electron chi connectivity index (χ4n) is 2.89. The average Bonchev–Trinajstić information content (AvgIpc) is 2.92. The maximum absolute atomic E-state index is 12.2. The lowest BCUT2D eigenvalue weighted by molar-refractivity contribution is -0.141. The van der Waals surface area contributed by atoms with E-state index in [2.05, 4.69) is 10.3 Å². The first kappa shape index (κ1) is 15.5. The van der Waals surface area contributed by atoms with Gasteiger partial charge in [-0.25, -0.2) is 4.98 Å². The molecule has 3 rings (SSSR count). The molecule has 1 atom stereocenters. The second-order valence-electron chi connectivity index (χ2n) is 5.89. The number of hydrogen-bond donors (Lipinski definition) is 2. The minimum absolute atomic E-state index is 0.0447. The van der Waals surface area contributed by atoms with Gasteiger partial charge in [0.25, 0.3) is 5.91 Å². The second-order valence-corrected chi connectivity index (χ2v) is 5.89. The summed E-state index contributed by atoms with van der Waals surface area (Å²) in [4.78, 5) is 29.9. The number of fused-ring (bicyclic) bond motifs is 1. The zero-order valence-electron chi connectivity index (χ0n) is 13.0. The van der Waals surface area contributed by atoms with Crippen molar-refractivity contribution in [3.63, 3.8) is 0 Å². The number of aliphatic hydroxyl groups excluding tert-OH is 1. The molecule has 1 unspecified atom stereocenters. The van der Waals surface area contributed by atoms with E-state index < -0.39 is 6.10 Å². The third-order valence-corrected chi connectivity index (χ3v) is 4.04. The van der Waals surface area contributed by atoms with Crippen molar-refractivity contribution in [2.45, 2.75) is 32.3 Å². The zero-order chi connectivity index (χ0) is 16.4. The Morgan fingerprint density at radius 3 is 3.13 bits per heavy atom. The molecule has 0 spiro atoms. The lowest BCUT2D eigenvalue weighted by Gasteiger charge is -2.21. The molecule has 1 saturated heterocycles. The number of anilines is 1. The van der Waals surface area contributed by atoms with Gasteiger partial charge in [0.15, 0.2) is 0 Å². The Kier molecular flexibility index (Phi) is 4.29. The lowest BCUT2D eigenvalue weighted by Crippen LogP contribution is -2.42. The lowest BCUT2D eigenvalue weighted by atomic mass is 10.2. The number of carbonyl (C=O) groups excluding carboxylic acids is 2. The van der Waals surface area contributed by atoms with E-state index in [4.69, 9.17) is 0 Å². The van der Waals surface area contributed by atoms with Gasteiger partial charge in [-0.05, 0) is 37.8 Å². The summed E-state index contributed by atoms with van der Waals surface area (Å²) in [5.74, 6) is -0.634. The van der Waals surface area contributed by atoms with Crippen LogP contribution in [0.15, 0.2) is 24.7 Å². The van der Waals surface area contributed by atoms with Crippen LogP contribution in [0.4, 0.5) is 5.69 Å². The van der Waals surface area contributed by atoms with Gasteiger partial charge in [-0.2, -0.15) is 0 Å². The number of carbonyl (C=O) groups is 2. The summed E-state index contributed by atoms with van der Waals surface area (Å²) in [5.41, 5.74) is 2.45. The van der Waals surface area contributed by atoms with Crippen LogP contribution in [-0.2, 0) is 9.59 Å². The van der Waals surface area contributed by atoms with Crippen molar-refractivity contribution in [2.75, 3.05) is 18.4 Å². The highest BCUT2D eigenvalue weighted by Crippen LogP contribution is 2.16. The molecule has 2 aromatic rings. The highest BCUT2D eigenvalue weighted by molar-refractivity contribution is 5.95. The van der Waals surface area contributed by atoms with Gasteiger partial charge in [0, 0.05) is 25.1 Å². The Labute approximate surface area is 133 Å². The predicted octanol–water partition coefficient (Wildman–Crippen LogP) is 0.955. The van der Waals surface area contributed by atoms with Crippen LogP contribution in [0.25, 0.3) is 5.65 Å². The van der Waals surface area contributed by atoms with E-state index in [-0.39, 0.29) is 18.4 Å². The number of aryl methyl sites for hydroxylation is 1. The first-order chi connectivity index (χ1) is 11.0. The van der Waals surface area contributed by atoms with Crippen molar-refractivity contribution >= 4 is 23.1 Å². The molecule has 7 nitrogen and oxygen atoms in total. The normalized spacial score (nSPS) is 19.0. The van der Waals surface area contributed by atoms with Gasteiger partial charge in [0.1, 0.15) is 11.8 Å². The van der Waals surface area contributed by atoms with E-state index in [1.165, 1.54) is 4.90 Å². The summed E-state index contributed by atoms with van der Waals surface area (Å²) in [6.07, 6.45) is 6.37. The van der Waals surface area contributed by atoms with Gasteiger partial charge in [0.05, 0.1) is 12.2 Å². The molecular weight excluding hydrogens is 296 g/mol. The molecule has 2 aromatic heterocycles. The van der Waals surface area contributed by atoms with Crippen molar-refractivity contribution in [1.29, 1.82) is 0 Å². The molecule has 0 saturated carbocycles. The minimum atomic E-state index is -0.991. The van der Waals surface area contributed by atoms with Crippen LogP contribution >= 0.6 is 0 Å².